The summed E-state index contributed by atoms with van der Waals surface area (Å²) >= 11 is 1.46. The van der Waals surface area contributed by atoms with Gasteiger partial charge in [-0.1, -0.05) is 0 Å². The molecular weight excluding hydrogens is 288 g/mol. The van der Waals surface area contributed by atoms with Crippen LogP contribution < -0.4 is 4.72 Å². The summed E-state index contributed by atoms with van der Waals surface area (Å²) in [6.45, 7) is 5.47. The van der Waals surface area contributed by atoms with Gasteiger partial charge in [0.2, 0.25) is 10.0 Å². The second-order valence-corrected chi connectivity index (χ2v) is 7.45. The van der Waals surface area contributed by atoms with E-state index in [1.165, 1.54) is 11.3 Å². The minimum Gasteiger partial charge on any atom is -0.481 e. The Bertz CT molecular complexity index is 551. The van der Waals surface area contributed by atoms with Crippen LogP contribution in [0.5, 0.6) is 0 Å². The standard InChI is InChI=1S/C11H18N2O4S2/c1-7-11(18-9(3)12-7)8(2)13-19(16,17)6-4-5-10(14)15/h8,13H,4-6H2,1-3H3,(H,14,15). The van der Waals surface area contributed by atoms with E-state index in [0.29, 0.717) is 0 Å². The quantitative estimate of drug-likeness (QED) is 0.797. The highest BCUT2D eigenvalue weighted by atomic mass is 32.2. The number of rotatable bonds is 7. The molecule has 0 saturated carbocycles. The highest BCUT2D eigenvalue weighted by Gasteiger charge is 2.19. The Balaban J connectivity index is 2.62. The second-order valence-electron chi connectivity index (χ2n) is 4.34. The number of hydrogen-bond acceptors (Lipinski definition) is 5. The molecule has 0 aliphatic heterocycles. The smallest absolute Gasteiger partial charge is 0.303 e. The van der Waals surface area contributed by atoms with Gasteiger partial charge in [0, 0.05) is 11.3 Å². The molecule has 0 fully saturated rings. The normalized spacial score (nSPS) is 13.4. The predicted molar refractivity (Wildman–Crippen MR) is 73.8 cm³/mol. The third kappa shape index (κ3) is 5.25. The van der Waals surface area contributed by atoms with Crippen molar-refractivity contribution in [2.75, 3.05) is 5.75 Å². The molecule has 1 atom stereocenters. The van der Waals surface area contributed by atoms with Crippen LogP contribution in [0.15, 0.2) is 0 Å². The van der Waals surface area contributed by atoms with Crippen molar-refractivity contribution in [3.63, 3.8) is 0 Å². The summed E-state index contributed by atoms with van der Waals surface area (Å²) in [5, 5.41) is 9.38. The molecule has 1 unspecified atom stereocenters. The number of nitrogens with zero attached hydrogens (tertiary/aromatic N) is 1. The van der Waals surface area contributed by atoms with Crippen molar-refractivity contribution in [2.45, 2.75) is 39.7 Å². The number of carboxylic acids is 1. The molecule has 19 heavy (non-hydrogen) atoms. The van der Waals surface area contributed by atoms with Gasteiger partial charge in [0.25, 0.3) is 0 Å². The molecular formula is C11H18N2O4S2. The van der Waals surface area contributed by atoms with Crippen LogP contribution in [-0.4, -0.2) is 30.2 Å². The second kappa shape index (κ2) is 6.44. The zero-order valence-corrected chi connectivity index (χ0v) is 12.8. The highest BCUT2D eigenvalue weighted by Crippen LogP contribution is 2.24. The molecule has 1 heterocycles. The Hall–Kier alpha value is -0.990. The van der Waals surface area contributed by atoms with Crippen LogP contribution in [0.3, 0.4) is 0 Å². The summed E-state index contributed by atoms with van der Waals surface area (Å²) in [6, 6.07) is -0.346. The first-order valence-corrected chi connectivity index (χ1v) is 8.34. The van der Waals surface area contributed by atoms with Crippen LogP contribution in [-0.2, 0) is 14.8 Å². The van der Waals surface area contributed by atoms with Crippen LogP contribution in [0.2, 0.25) is 0 Å². The molecule has 1 rings (SSSR count). The molecule has 0 radical (unpaired) electrons. The summed E-state index contributed by atoms with van der Waals surface area (Å²) in [5.41, 5.74) is 0.822. The summed E-state index contributed by atoms with van der Waals surface area (Å²) < 4.78 is 26.1. The van der Waals surface area contributed by atoms with Gasteiger partial charge in [-0.25, -0.2) is 18.1 Å². The summed E-state index contributed by atoms with van der Waals surface area (Å²) in [5.74, 6) is -1.17. The van der Waals surface area contributed by atoms with Crippen LogP contribution in [0.1, 0.15) is 41.4 Å². The average Bonchev–Trinajstić information content (AvgIpc) is 2.56. The van der Waals surface area contributed by atoms with Gasteiger partial charge in [-0.15, -0.1) is 11.3 Å². The van der Waals surface area contributed by atoms with E-state index in [2.05, 4.69) is 9.71 Å². The van der Waals surface area contributed by atoms with Gasteiger partial charge in [0.15, 0.2) is 0 Å². The molecule has 0 aromatic carbocycles. The lowest BCUT2D eigenvalue weighted by Crippen LogP contribution is -2.29. The van der Waals surface area contributed by atoms with Crippen molar-refractivity contribution in [1.82, 2.24) is 9.71 Å². The highest BCUT2D eigenvalue weighted by molar-refractivity contribution is 7.89. The molecule has 0 bridgehead atoms. The molecule has 0 aliphatic rings. The first-order chi connectivity index (χ1) is 8.71. The third-order valence-electron chi connectivity index (χ3n) is 2.49. The zero-order valence-electron chi connectivity index (χ0n) is 11.1. The van der Waals surface area contributed by atoms with E-state index in [9.17, 15) is 13.2 Å². The number of nitrogens with one attached hydrogen (secondary N) is 1. The number of hydrogen-bond donors (Lipinski definition) is 2. The van der Waals surface area contributed by atoms with Crippen molar-refractivity contribution in [1.29, 1.82) is 0 Å². The van der Waals surface area contributed by atoms with E-state index in [4.69, 9.17) is 5.11 Å². The molecule has 2 N–H and O–H groups in total. The number of thiazole rings is 1. The van der Waals surface area contributed by atoms with Crippen molar-refractivity contribution < 1.29 is 18.3 Å². The molecule has 8 heteroatoms. The molecule has 0 spiro atoms. The molecule has 0 saturated heterocycles. The van der Waals surface area contributed by atoms with Crippen molar-refractivity contribution >= 4 is 27.3 Å². The maximum absolute atomic E-state index is 11.8. The maximum atomic E-state index is 11.8. The first-order valence-electron chi connectivity index (χ1n) is 5.87. The van der Waals surface area contributed by atoms with Crippen LogP contribution in [0, 0.1) is 13.8 Å². The number of aliphatic carboxylic acids is 1. The first kappa shape index (κ1) is 16.1. The van der Waals surface area contributed by atoms with Gasteiger partial charge in [0.1, 0.15) is 0 Å². The summed E-state index contributed by atoms with van der Waals surface area (Å²) in [4.78, 5) is 15.5. The largest absolute Gasteiger partial charge is 0.481 e. The number of carboxylic acid groups (broad SMARTS) is 1. The fourth-order valence-corrected chi connectivity index (χ4v) is 4.05. The van der Waals surface area contributed by atoms with E-state index in [0.717, 1.165) is 15.6 Å². The Labute approximate surface area is 116 Å². The van der Waals surface area contributed by atoms with E-state index in [-0.39, 0.29) is 24.6 Å². The van der Waals surface area contributed by atoms with E-state index >= 15 is 0 Å². The summed E-state index contributed by atoms with van der Waals surface area (Å²) in [7, 11) is -3.47. The Morgan fingerprint density at radius 2 is 2.11 bits per heavy atom. The van der Waals surface area contributed by atoms with Crippen LogP contribution >= 0.6 is 11.3 Å². The lowest BCUT2D eigenvalue weighted by Gasteiger charge is -2.13. The number of aryl methyl sites for hydroxylation is 2. The fraction of sp³-hybridized carbons (Fsp3) is 0.636. The van der Waals surface area contributed by atoms with Gasteiger partial charge in [-0.3, -0.25) is 4.79 Å². The van der Waals surface area contributed by atoms with E-state index in [1.807, 2.05) is 13.8 Å². The number of sulfonamides is 1. The van der Waals surface area contributed by atoms with Gasteiger partial charge in [0.05, 0.1) is 22.5 Å². The molecule has 1 aromatic heterocycles. The SMILES string of the molecule is Cc1nc(C)c(C(C)NS(=O)(=O)CCCC(=O)O)s1. The summed E-state index contributed by atoms with van der Waals surface area (Å²) in [6.07, 6.45) is -0.0356. The van der Waals surface area contributed by atoms with Crippen molar-refractivity contribution in [3.8, 4) is 0 Å². The lowest BCUT2D eigenvalue weighted by molar-refractivity contribution is -0.137. The Morgan fingerprint density at radius 1 is 1.47 bits per heavy atom. The van der Waals surface area contributed by atoms with Gasteiger partial charge in [-0.05, 0) is 27.2 Å². The number of carbonyl (C=O) groups is 1. The Kier molecular flexibility index (Phi) is 5.45. The van der Waals surface area contributed by atoms with Crippen LogP contribution in [0.4, 0.5) is 0 Å². The number of aromatic nitrogens is 1. The van der Waals surface area contributed by atoms with E-state index < -0.39 is 16.0 Å². The fourth-order valence-electron chi connectivity index (χ4n) is 1.74. The van der Waals surface area contributed by atoms with Gasteiger partial charge >= 0.3 is 5.97 Å². The molecule has 0 amide bonds. The monoisotopic (exact) mass is 306 g/mol. The van der Waals surface area contributed by atoms with Gasteiger partial charge in [-0.2, -0.15) is 0 Å². The topological polar surface area (TPSA) is 96.4 Å². The molecule has 108 valence electrons. The molecule has 0 aliphatic carbocycles. The van der Waals surface area contributed by atoms with Crippen molar-refractivity contribution in [2.24, 2.45) is 0 Å². The third-order valence-corrected chi connectivity index (χ3v) is 5.29. The maximum Gasteiger partial charge on any atom is 0.303 e. The van der Waals surface area contributed by atoms with Crippen LogP contribution in [0.25, 0.3) is 0 Å². The predicted octanol–water partition coefficient (Wildman–Crippen LogP) is 1.61. The minimum atomic E-state index is -3.47. The van der Waals surface area contributed by atoms with Gasteiger partial charge < -0.3 is 5.11 Å². The van der Waals surface area contributed by atoms with Crippen molar-refractivity contribution in [3.05, 3.63) is 15.6 Å². The lowest BCUT2D eigenvalue weighted by atomic mass is 10.2. The molecule has 1 aromatic rings. The molecule has 6 nitrogen and oxygen atoms in total. The van der Waals surface area contributed by atoms with E-state index in [1.54, 1.807) is 6.92 Å². The zero-order chi connectivity index (χ0) is 14.6. The average molecular weight is 306 g/mol. The Morgan fingerprint density at radius 3 is 2.58 bits per heavy atom. The minimum absolute atomic E-state index is 0.109.